The van der Waals surface area contributed by atoms with Gasteiger partial charge in [0.2, 0.25) is 0 Å². The number of hydrogen-bond acceptors (Lipinski definition) is 2. The number of carboxylic acid groups (broad SMARTS) is 1. The van der Waals surface area contributed by atoms with E-state index in [4.69, 9.17) is 5.11 Å². The van der Waals surface area contributed by atoms with Crippen molar-refractivity contribution in [3.8, 4) is 0 Å². The summed E-state index contributed by atoms with van der Waals surface area (Å²) in [5, 5.41) is 8.72. The minimum atomic E-state index is -0.869. The van der Waals surface area contributed by atoms with Crippen LogP contribution in [0.5, 0.6) is 0 Å². The fourth-order valence-electron chi connectivity index (χ4n) is 1.90. The molecule has 0 saturated carbocycles. The average Bonchev–Trinajstić information content (AvgIpc) is 2.47. The van der Waals surface area contributed by atoms with E-state index in [-0.39, 0.29) is 12.3 Å². The maximum absolute atomic E-state index is 12.2. The Hall–Kier alpha value is -2.62. The predicted octanol–water partition coefficient (Wildman–Crippen LogP) is 2.59. The first-order chi connectivity index (χ1) is 9.58. The fraction of sp³-hybridized carbons (Fsp3) is 0.125. The Bertz CT molecular complexity index is 605. The average molecular weight is 269 g/mol. The zero-order valence-electron chi connectivity index (χ0n) is 11.1. The monoisotopic (exact) mass is 269 g/mol. The van der Waals surface area contributed by atoms with Crippen LogP contribution in [0.15, 0.2) is 54.6 Å². The topological polar surface area (TPSA) is 57.6 Å². The minimum absolute atomic E-state index is 0.0172. The Labute approximate surface area is 117 Å². The molecule has 0 radical (unpaired) electrons. The Morgan fingerprint density at radius 2 is 1.60 bits per heavy atom. The van der Waals surface area contributed by atoms with Gasteiger partial charge in [-0.15, -0.1) is 0 Å². The first-order valence-corrected chi connectivity index (χ1v) is 6.22. The molecule has 4 heteroatoms. The van der Waals surface area contributed by atoms with Gasteiger partial charge in [0.15, 0.2) is 0 Å². The summed E-state index contributed by atoms with van der Waals surface area (Å²) in [7, 11) is 1.70. The van der Waals surface area contributed by atoms with Crippen LogP contribution in [0.2, 0.25) is 0 Å². The summed E-state index contributed by atoms with van der Waals surface area (Å²) in [6, 6.07) is 16.0. The minimum Gasteiger partial charge on any atom is -0.481 e. The number of carbonyl (C=O) groups is 2. The number of aliphatic carboxylic acids is 1. The van der Waals surface area contributed by atoms with Crippen molar-refractivity contribution >= 4 is 17.6 Å². The molecule has 1 amide bonds. The lowest BCUT2D eigenvalue weighted by Gasteiger charge is -2.17. The molecule has 0 spiro atoms. The van der Waals surface area contributed by atoms with Crippen LogP contribution in [0.1, 0.15) is 15.9 Å². The Morgan fingerprint density at radius 3 is 2.15 bits per heavy atom. The van der Waals surface area contributed by atoms with E-state index in [2.05, 4.69) is 0 Å². The third-order valence-electron chi connectivity index (χ3n) is 3.00. The number of benzene rings is 2. The van der Waals surface area contributed by atoms with E-state index in [1.807, 2.05) is 18.2 Å². The number of amides is 1. The van der Waals surface area contributed by atoms with Gasteiger partial charge in [-0.3, -0.25) is 9.59 Å². The molecule has 2 rings (SSSR count). The van der Waals surface area contributed by atoms with Crippen LogP contribution in [0.3, 0.4) is 0 Å². The summed E-state index contributed by atoms with van der Waals surface area (Å²) in [6.45, 7) is 0. The Morgan fingerprint density at radius 1 is 1.00 bits per heavy atom. The van der Waals surface area contributed by atoms with E-state index in [1.165, 1.54) is 0 Å². The van der Waals surface area contributed by atoms with Crippen molar-refractivity contribution in [2.45, 2.75) is 6.42 Å². The molecule has 0 atom stereocenters. The standard InChI is InChI=1S/C16H15NO3/c1-17(16(20)13-5-3-2-4-6-13)14-9-7-12(8-10-14)11-15(18)19/h2-10H,11H2,1H3,(H,18,19). The lowest BCUT2D eigenvalue weighted by Crippen LogP contribution is -2.26. The van der Waals surface area contributed by atoms with Gasteiger partial charge < -0.3 is 10.0 Å². The highest BCUT2D eigenvalue weighted by Crippen LogP contribution is 2.16. The summed E-state index contributed by atoms with van der Waals surface area (Å²) in [6.07, 6.45) is -0.0172. The highest BCUT2D eigenvalue weighted by atomic mass is 16.4. The van der Waals surface area contributed by atoms with Crippen molar-refractivity contribution in [1.29, 1.82) is 0 Å². The van der Waals surface area contributed by atoms with Gasteiger partial charge in [0, 0.05) is 18.3 Å². The van der Waals surface area contributed by atoms with Crippen LogP contribution in [-0.2, 0) is 11.2 Å². The molecule has 0 heterocycles. The second-order valence-corrected chi connectivity index (χ2v) is 4.47. The van der Waals surface area contributed by atoms with E-state index >= 15 is 0 Å². The molecule has 102 valence electrons. The molecule has 1 N–H and O–H groups in total. The van der Waals surface area contributed by atoms with Gasteiger partial charge in [-0.25, -0.2) is 0 Å². The first-order valence-electron chi connectivity index (χ1n) is 6.22. The molecule has 0 aliphatic rings. The Kier molecular flexibility index (Phi) is 4.15. The molecule has 0 unspecified atom stereocenters. The number of anilines is 1. The van der Waals surface area contributed by atoms with Crippen molar-refractivity contribution in [3.05, 3.63) is 65.7 Å². The third-order valence-corrected chi connectivity index (χ3v) is 3.00. The molecular weight excluding hydrogens is 254 g/mol. The van der Waals surface area contributed by atoms with Crippen LogP contribution in [-0.4, -0.2) is 24.0 Å². The van der Waals surface area contributed by atoms with Crippen LogP contribution in [0.25, 0.3) is 0 Å². The highest BCUT2D eigenvalue weighted by molar-refractivity contribution is 6.05. The van der Waals surface area contributed by atoms with Crippen LogP contribution < -0.4 is 4.90 Å². The Balaban J connectivity index is 2.15. The lowest BCUT2D eigenvalue weighted by molar-refractivity contribution is -0.136. The van der Waals surface area contributed by atoms with E-state index in [0.717, 1.165) is 5.69 Å². The summed E-state index contributed by atoms with van der Waals surface area (Å²) in [5.74, 6) is -0.969. The lowest BCUT2D eigenvalue weighted by atomic mass is 10.1. The molecule has 0 fully saturated rings. The van der Waals surface area contributed by atoms with Gasteiger partial charge in [-0.1, -0.05) is 30.3 Å². The fourth-order valence-corrected chi connectivity index (χ4v) is 1.90. The summed E-state index contributed by atoms with van der Waals surface area (Å²) < 4.78 is 0. The van der Waals surface area contributed by atoms with Gasteiger partial charge in [-0.2, -0.15) is 0 Å². The van der Waals surface area contributed by atoms with E-state index in [9.17, 15) is 9.59 Å². The van der Waals surface area contributed by atoms with Crippen LogP contribution in [0.4, 0.5) is 5.69 Å². The van der Waals surface area contributed by atoms with Crippen molar-refractivity contribution in [2.24, 2.45) is 0 Å². The van der Waals surface area contributed by atoms with Gasteiger partial charge in [0.05, 0.1) is 6.42 Å². The first kappa shape index (κ1) is 13.8. The van der Waals surface area contributed by atoms with Crippen molar-refractivity contribution < 1.29 is 14.7 Å². The van der Waals surface area contributed by atoms with E-state index in [1.54, 1.807) is 48.3 Å². The second-order valence-electron chi connectivity index (χ2n) is 4.47. The van der Waals surface area contributed by atoms with Gasteiger partial charge in [0.25, 0.3) is 5.91 Å². The molecule has 0 aliphatic carbocycles. The molecule has 0 aromatic heterocycles. The molecule has 0 bridgehead atoms. The van der Waals surface area contributed by atoms with Gasteiger partial charge >= 0.3 is 5.97 Å². The van der Waals surface area contributed by atoms with Crippen LogP contribution >= 0.6 is 0 Å². The van der Waals surface area contributed by atoms with Crippen LogP contribution in [0, 0.1) is 0 Å². The molecular formula is C16H15NO3. The quantitative estimate of drug-likeness (QED) is 0.928. The number of carboxylic acids is 1. The SMILES string of the molecule is CN(C(=O)c1ccccc1)c1ccc(CC(=O)O)cc1. The third kappa shape index (κ3) is 3.23. The second kappa shape index (κ2) is 6.02. The van der Waals surface area contributed by atoms with Crippen molar-refractivity contribution in [2.75, 3.05) is 11.9 Å². The van der Waals surface area contributed by atoms with E-state index < -0.39 is 5.97 Å². The maximum Gasteiger partial charge on any atom is 0.307 e. The molecule has 4 nitrogen and oxygen atoms in total. The number of rotatable bonds is 4. The normalized spacial score (nSPS) is 10.1. The highest BCUT2D eigenvalue weighted by Gasteiger charge is 2.12. The zero-order chi connectivity index (χ0) is 14.5. The summed E-state index contributed by atoms with van der Waals surface area (Å²) in [5.41, 5.74) is 2.06. The molecule has 2 aromatic rings. The smallest absolute Gasteiger partial charge is 0.307 e. The largest absolute Gasteiger partial charge is 0.481 e. The predicted molar refractivity (Wildman–Crippen MR) is 77.0 cm³/mol. The van der Waals surface area contributed by atoms with Crippen molar-refractivity contribution in [1.82, 2.24) is 0 Å². The number of carbonyl (C=O) groups excluding carboxylic acids is 1. The number of hydrogen-bond donors (Lipinski definition) is 1. The van der Waals surface area contributed by atoms with Gasteiger partial charge in [0.1, 0.15) is 0 Å². The summed E-state index contributed by atoms with van der Waals surface area (Å²) in [4.78, 5) is 24.4. The van der Waals surface area contributed by atoms with Crippen molar-refractivity contribution in [3.63, 3.8) is 0 Å². The number of nitrogens with zero attached hydrogens (tertiary/aromatic N) is 1. The molecule has 2 aromatic carbocycles. The zero-order valence-corrected chi connectivity index (χ0v) is 11.1. The van der Waals surface area contributed by atoms with E-state index in [0.29, 0.717) is 11.1 Å². The molecule has 0 saturated heterocycles. The summed E-state index contributed by atoms with van der Waals surface area (Å²) >= 11 is 0. The molecule has 20 heavy (non-hydrogen) atoms. The molecule has 0 aliphatic heterocycles. The maximum atomic E-state index is 12.2. The van der Waals surface area contributed by atoms with Gasteiger partial charge in [-0.05, 0) is 29.8 Å².